The number of aromatic nitrogens is 3. The zero-order chi connectivity index (χ0) is 22.2. The van der Waals surface area contributed by atoms with Crippen molar-refractivity contribution < 1.29 is 30.7 Å². The number of amides is 2. The van der Waals surface area contributed by atoms with Crippen LogP contribution in [-0.2, 0) is 37.2 Å². The average Bonchev–Trinajstić information content (AvgIpc) is 3.18. The minimum absolute atomic E-state index is 0. The molecule has 164 valence electrons. The number of imide groups is 1. The molecule has 2 amide bonds. The van der Waals surface area contributed by atoms with Crippen molar-refractivity contribution in [2.24, 2.45) is 11.3 Å². The number of benzene rings is 1. The molecular weight excluding hydrogens is 562 g/mol. The molecule has 0 spiro atoms. The number of hydrogen-bond acceptors (Lipinski definition) is 5. The molecule has 8 heteroatoms. The van der Waals surface area contributed by atoms with E-state index in [9.17, 15) is 9.59 Å². The first-order valence-corrected chi connectivity index (χ1v) is 10.1. The second-order valence-electron chi connectivity index (χ2n) is 8.40. The fraction of sp³-hybridized carbons (Fsp3) is 0.391. The number of carbonyl (C=O) groups is 2. The Kier molecular flexibility index (Phi) is 7.53. The molecule has 2 aromatic heterocycles. The van der Waals surface area contributed by atoms with Crippen LogP contribution in [-0.4, -0.2) is 37.8 Å². The van der Waals surface area contributed by atoms with Gasteiger partial charge >= 0.3 is 21.1 Å². The molecule has 1 unspecified atom stereocenters. The van der Waals surface area contributed by atoms with Crippen LogP contribution in [0.1, 0.15) is 39.9 Å². The molecule has 3 heterocycles. The van der Waals surface area contributed by atoms with Crippen molar-refractivity contribution >= 4 is 39.6 Å². The van der Waals surface area contributed by atoms with E-state index in [0.717, 1.165) is 16.4 Å². The SMILES string of the molecule is [CH2-]C.[CH2-]c1nc2c(N)nc3ccccc3c2n1CCN1C(=O)CC(C(C)(C)C)C1=O.[W+2]. The summed E-state index contributed by atoms with van der Waals surface area (Å²) in [6, 6.07) is 7.69. The second kappa shape index (κ2) is 9.39. The molecule has 0 aliphatic carbocycles. The quantitative estimate of drug-likeness (QED) is 0.371. The first-order valence-electron chi connectivity index (χ1n) is 10.1. The molecule has 0 saturated carbocycles. The molecule has 1 atom stereocenters. The number of fused-ring (bicyclic) bond motifs is 3. The van der Waals surface area contributed by atoms with Gasteiger partial charge in [0.25, 0.3) is 0 Å². The van der Waals surface area contributed by atoms with E-state index in [1.54, 1.807) is 6.92 Å². The number of hydrogen-bond donors (Lipinski definition) is 1. The molecule has 1 aliphatic heterocycles. The third-order valence-corrected chi connectivity index (χ3v) is 5.53. The third kappa shape index (κ3) is 4.47. The van der Waals surface area contributed by atoms with Crippen LogP contribution in [0.4, 0.5) is 5.82 Å². The Hall–Kier alpha value is -2.40. The maximum Gasteiger partial charge on any atom is 2.00 e. The van der Waals surface area contributed by atoms with E-state index in [4.69, 9.17) is 5.73 Å². The van der Waals surface area contributed by atoms with E-state index in [-0.39, 0.29) is 57.2 Å². The summed E-state index contributed by atoms with van der Waals surface area (Å²) in [5, 5.41) is 0.917. The summed E-state index contributed by atoms with van der Waals surface area (Å²) < 4.78 is 1.92. The van der Waals surface area contributed by atoms with Crippen molar-refractivity contribution in [2.75, 3.05) is 12.3 Å². The van der Waals surface area contributed by atoms with Crippen molar-refractivity contribution in [1.29, 1.82) is 0 Å². The average molecular weight is 591 g/mol. The second-order valence-corrected chi connectivity index (χ2v) is 8.40. The number of rotatable bonds is 3. The summed E-state index contributed by atoms with van der Waals surface area (Å²) in [6.45, 7) is 15.7. The topological polar surface area (TPSA) is 94.1 Å². The number of pyridine rings is 1. The third-order valence-electron chi connectivity index (χ3n) is 5.53. The summed E-state index contributed by atoms with van der Waals surface area (Å²) >= 11 is 0. The summed E-state index contributed by atoms with van der Waals surface area (Å²) in [4.78, 5) is 35.5. The standard InChI is InChI=1S/C21H24N5O2.C2H5.W/c1-12-23-17-18(13-7-5-6-8-15(13)24-19(17)22)25(12)9-10-26-16(27)11-14(20(26)28)21(2,3)4;1-2;/h5-8,14H,1,9-11H2,2-4H3,(H2,22,24);1H2,2H3;/q2*-1;+2. The number of para-hydroxylation sites is 1. The molecule has 2 N–H and O–H groups in total. The van der Waals surface area contributed by atoms with Crippen molar-refractivity contribution in [3.05, 3.63) is 43.9 Å². The number of nitrogens with zero attached hydrogens (tertiary/aromatic N) is 4. The van der Waals surface area contributed by atoms with E-state index in [0.29, 0.717) is 23.7 Å². The van der Waals surface area contributed by atoms with Gasteiger partial charge in [0.05, 0.1) is 17.0 Å². The van der Waals surface area contributed by atoms with E-state index in [2.05, 4.69) is 23.8 Å². The number of carbonyl (C=O) groups excluding carboxylic acids is 2. The molecule has 3 aromatic rings. The molecule has 1 aliphatic rings. The Morgan fingerprint density at radius 1 is 1.13 bits per heavy atom. The van der Waals surface area contributed by atoms with E-state index >= 15 is 0 Å². The van der Waals surface area contributed by atoms with E-state index in [1.807, 2.05) is 49.6 Å². The van der Waals surface area contributed by atoms with Gasteiger partial charge in [-0.25, -0.2) is 4.98 Å². The largest absolute Gasteiger partial charge is 2.00 e. The van der Waals surface area contributed by atoms with Gasteiger partial charge in [-0.3, -0.25) is 19.5 Å². The molecule has 1 saturated heterocycles. The van der Waals surface area contributed by atoms with Gasteiger partial charge in [-0.2, -0.15) is 6.92 Å². The minimum atomic E-state index is -0.278. The number of likely N-dealkylation sites (tertiary alicyclic amines) is 1. The van der Waals surface area contributed by atoms with E-state index < -0.39 is 0 Å². The van der Waals surface area contributed by atoms with E-state index in [1.165, 1.54) is 4.90 Å². The van der Waals surface area contributed by atoms with Gasteiger partial charge in [0.2, 0.25) is 11.8 Å². The van der Waals surface area contributed by atoms with Gasteiger partial charge in [0.15, 0.2) is 5.82 Å². The van der Waals surface area contributed by atoms with Crippen molar-refractivity contribution in [3.8, 4) is 0 Å². The zero-order valence-corrected chi connectivity index (χ0v) is 21.4. The first-order chi connectivity index (χ1) is 14.2. The Labute approximate surface area is 197 Å². The van der Waals surface area contributed by atoms with Crippen LogP contribution in [0.2, 0.25) is 0 Å². The van der Waals surface area contributed by atoms with Gasteiger partial charge in [-0.15, -0.1) is 0 Å². The van der Waals surface area contributed by atoms with Crippen molar-refractivity contribution in [1.82, 2.24) is 19.4 Å². The fourth-order valence-electron chi connectivity index (χ4n) is 3.94. The first kappa shape index (κ1) is 24.9. The summed E-state index contributed by atoms with van der Waals surface area (Å²) in [5.41, 5.74) is 8.06. The summed E-state index contributed by atoms with van der Waals surface area (Å²) in [5.74, 6) is 0.383. The summed E-state index contributed by atoms with van der Waals surface area (Å²) in [6.07, 6.45) is 0.268. The number of imidazole rings is 1. The van der Waals surface area contributed by atoms with Gasteiger partial charge in [0, 0.05) is 24.9 Å². The molecule has 1 aromatic carbocycles. The van der Waals surface area contributed by atoms with Crippen LogP contribution in [0.15, 0.2) is 24.3 Å². The smallest absolute Gasteiger partial charge is 0.382 e. The Morgan fingerprint density at radius 3 is 2.39 bits per heavy atom. The molecule has 31 heavy (non-hydrogen) atoms. The predicted molar refractivity (Wildman–Crippen MR) is 119 cm³/mol. The van der Waals surface area contributed by atoms with Gasteiger partial charge < -0.3 is 24.1 Å². The van der Waals surface area contributed by atoms with Crippen LogP contribution in [0.25, 0.3) is 21.9 Å². The van der Waals surface area contributed by atoms with Crippen LogP contribution >= 0.6 is 0 Å². The van der Waals surface area contributed by atoms with Crippen LogP contribution < -0.4 is 5.73 Å². The molecule has 7 nitrogen and oxygen atoms in total. The van der Waals surface area contributed by atoms with Crippen molar-refractivity contribution in [3.63, 3.8) is 0 Å². The normalized spacial score (nSPS) is 16.4. The predicted octanol–water partition coefficient (Wildman–Crippen LogP) is 3.61. The maximum atomic E-state index is 12.8. The molecular formula is C23H29N5O2W. The van der Waals surface area contributed by atoms with Gasteiger partial charge in [0.1, 0.15) is 5.52 Å². The van der Waals surface area contributed by atoms with Gasteiger partial charge in [-0.1, -0.05) is 39.0 Å². The minimum Gasteiger partial charge on any atom is -0.382 e. The molecule has 0 bridgehead atoms. The fourth-order valence-corrected chi connectivity index (χ4v) is 3.94. The zero-order valence-electron chi connectivity index (χ0n) is 18.5. The number of nitrogens with two attached hydrogens (primary N) is 1. The summed E-state index contributed by atoms with van der Waals surface area (Å²) in [7, 11) is 0. The monoisotopic (exact) mass is 591 g/mol. The number of nitrogen functional groups attached to an aromatic ring is 1. The Bertz CT molecular complexity index is 1120. The maximum absolute atomic E-state index is 12.8. The molecule has 1 fully saturated rings. The Morgan fingerprint density at radius 2 is 1.77 bits per heavy atom. The Balaban J connectivity index is 0.00000111. The van der Waals surface area contributed by atoms with Crippen LogP contribution in [0, 0.1) is 25.2 Å². The van der Waals surface area contributed by atoms with Crippen molar-refractivity contribution in [2.45, 2.75) is 40.7 Å². The number of anilines is 1. The van der Waals surface area contributed by atoms with Crippen LogP contribution in [0.5, 0.6) is 0 Å². The molecule has 4 rings (SSSR count). The van der Waals surface area contributed by atoms with Gasteiger partial charge in [-0.05, 0) is 17.3 Å². The van der Waals surface area contributed by atoms with Crippen LogP contribution in [0.3, 0.4) is 0 Å². The molecule has 0 radical (unpaired) electrons.